The van der Waals surface area contributed by atoms with E-state index in [-0.39, 0.29) is 23.2 Å². The summed E-state index contributed by atoms with van der Waals surface area (Å²) >= 11 is 0. The van der Waals surface area contributed by atoms with Gasteiger partial charge in [-0.1, -0.05) is 12.1 Å². The van der Waals surface area contributed by atoms with Gasteiger partial charge in [0, 0.05) is 6.07 Å². The molecule has 1 heterocycles. The number of hydrogen-bond acceptors (Lipinski definition) is 5. The molecule has 1 aromatic carbocycles. The monoisotopic (exact) mass is 286 g/mol. The number of anilines is 1. The maximum Gasteiger partial charge on any atom is 0.305 e. The van der Waals surface area contributed by atoms with E-state index in [4.69, 9.17) is 5.26 Å². The first kappa shape index (κ1) is 14.4. The van der Waals surface area contributed by atoms with Crippen LogP contribution >= 0.6 is 0 Å². The van der Waals surface area contributed by atoms with Gasteiger partial charge in [0.25, 0.3) is 0 Å². The van der Waals surface area contributed by atoms with Crippen molar-refractivity contribution < 1.29 is 9.31 Å². The number of nitrogens with one attached hydrogen (secondary N) is 1. The zero-order valence-corrected chi connectivity index (χ0v) is 11.1. The zero-order valence-electron chi connectivity index (χ0n) is 11.1. The lowest BCUT2D eigenvalue weighted by molar-refractivity contribution is -0.385. The SMILES string of the molecule is CC(Nc1ccc([N+](=O)[O-])c(C#N)n1)c1cccc(F)c1. The van der Waals surface area contributed by atoms with Gasteiger partial charge in [-0.05, 0) is 30.7 Å². The molecule has 0 amide bonds. The molecule has 2 aromatic rings. The summed E-state index contributed by atoms with van der Waals surface area (Å²) in [5.74, 6) is -0.0376. The first-order valence-corrected chi connectivity index (χ1v) is 6.09. The zero-order chi connectivity index (χ0) is 15.4. The number of halogens is 1. The van der Waals surface area contributed by atoms with Gasteiger partial charge in [0.2, 0.25) is 5.69 Å². The minimum Gasteiger partial charge on any atom is -0.364 e. The molecule has 0 fully saturated rings. The fourth-order valence-corrected chi connectivity index (χ4v) is 1.84. The van der Waals surface area contributed by atoms with E-state index in [1.165, 1.54) is 24.3 Å². The van der Waals surface area contributed by atoms with Gasteiger partial charge in [-0.25, -0.2) is 9.37 Å². The van der Waals surface area contributed by atoms with Gasteiger partial charge in [-0.3, -0.25) is 10.1 Å². The quantitative estimate of drug-likeness (QED) is 0.688. The average molecular weight is 286 g/mol. The number of aromatic nitrogens is 1. The summed E-state index contributed by atoms with van der Waals surface area (Å²) in [6, 6.07) is 10.1. The van der Waals surface area contributed by atoms with Crippen molar-refractivity contribution in [1.82, 2.24) is 4.98 Å². The van der Waals surface area contributed by atoms with Crippen LogP contribution in [-0.4, -0.2) is 9.91 Å². The Balaban J connectivity index is 2.24. The molecule has 0 aliphatic heterocycles. The Morgan fingerprint density at radius 3 is 2.81 bits per heavy atom. The highest BCUT2D eigenvalue weighted by Gasteiger charge is 2.16. The van der Waals surface area contributed by atoms with Crippen molar-refractivity contribution in [3.63, 3.8) is 0 Å². The van der Waals surface area contributed by atoms with E-state index in [1.807, 2.05) is 0 Å². The molecular formula is C14H11FN4O2. The van der Waals surface area contributed by atoms with Crippen molar-refractivity contribution in [2.75, 3.05) is 5.32 Å². The number of hydrogen-bond donors (Lipinski definition) is 1. The molecule has 2 rings (SSSR count). The summed E-state index contributed by atoms with van der Waals surface area (Å²) in [6.07, 6.45) is 0. The van der Waals surface area contributed by atoms with Crippen LogP contribution in [0.4, 0.5) is 15.9 Å². The molecule has 0 saturated carbocycles. The van der Waals surface area contributed by atoms with Crippen molar-refractivity contribution in [3.05, 3.63) is 63.6 Å². The number of pyridine rings is 1. The van der Waals surface area contributed by atoms with Crippen LogP contribution in [0.1, 0.15) is 24.2 Å². The Kier molecular flexibility index (Phi) is 4.09. The van der Waals surface area contributed by atoms with E-state index in [1.54, 1.807) is 25.1 Å². The lowest BCUT2D eigenvalue weighted by Crippen LogP contribution is -2.09. The van der Waals surface area contributed by atoms with Gasteiger partial charge in [0.15, 0.2) is 0 Å². The minimum absolute atomic E-state index is 0.263. The molecule has 0 spiro atoms. The van der Waals surface area contributed by atoms with E-state index in [9.17, 15) is 14.5 Å². The minimum atomic E-state index is -0.661. The molecule has 0 saturated heterocycles. The molecule has 6 nitrogen and oxygen atoms in total. The van der Waals surface area contributed by atoms with Crippen LogP contribution in [0, 0.1) is 27.3 Å². The Hall–Kier alpha value is -3.01. The van der Waals surface area contributed by atoms with Crippen LogP contribution < -0.4 is 5.32 Å². The topological polar surface area (TPSA) is 91.9 Å². The standard InChI is InChI=1S/C14H11FN4O2/c1-9(10-3-2-4-11(15)7-10)17-14-6-5-13(19(20)21)12(8-16)18-14/h2-7,9H,1H3,(H,17,18). The van der Waals surface area contributed by atoms with E-state index < -0.39 is 4.92 Å². The highest BCUT2D eigenvalue weighted by molar-refractivity contribution is 5.51. The van der Waals surface area contributed by atoms with Crippen molar-refractivity contribution in [2.45, 2.75) is 13.0 Å². The van der Waals surface area contributed by atoms with Crippen molar-refractivity contribution in [2.24, 2.45) is 0 Å². The van der Waals surface area contributed by atoms with Gasteiger partial charge in [-0.15, -0.1) is 0 Å². The Morgan fingerprint density at radius 2 is 2.19 bits per heavy atom. The Bertz CT molecular complexity index is 727. The number of nitrogens with zero attached hydrogens (tertiary/aromatic N) is 3. The largest absolute Gasteiger partial charge is 0.364 e. The van der Waals surface area contributed by atoms with Crippen molar-refractivity contribution in [1.29, 1.82) is 5.26 Å². The summed E-state index contributed by atoms with van der Waals surface area (Å²) in [6.45, 7) is 1.80. The Morgan fingerprint density at radius 1 is 1.43 bits per heavy atom. The van der Waals surface area contributed by atoms with Gasteiger partial charge in [0.1, 0.15) is 17.7 Å². The van der Waals surface area contributed by atoms with E-state index in [2.05, 4.69) is 10.3 Å². The molecule has 1 N–H and O–H groups in total. The number of benzene rings is 1. The lowest BCUT2D eigenvalue weighted by Gasteiger charge is -2.15. The van der Waals surface area contributed by atoms with Crippen LogP contribution in [-0.2, 0) is 0 Å². The second-order valence-corrected chi connectivity index (χ2v) is 4.35. The average Bonchev–Trinajstić information content (AvgIpc) is 2.46. The van der Waals surface area contributed by atoms with Gasteiger partial charge in [-0.2, -0.15) is 5.26 Å². The smallest absolute Gasteiger partial charge is 0.305 e. The summed E-state index contributed by atoms with van der Waals surface area (Å²) in [5.41, 5.74) is 0.0894. The number of rotatable bonds is 4. The predicted molar refractivity (Wildman–Crippen MR) is 74.0 cm³/mol. The third-order valence-corrected chi connectivity index (χ3v) is 2.89. The molecule has 0 aliphatic rings. The van der Waals surface area contributed by atoms with E-state index in [0.717, 1.165) is 0 Å². The first-order valence-electron chi connectivity index (χ1n) is 6.09. The van der Waals surface area contributed by atoms with E-state index in [0.29, 0.717) is 11.4 Å². The van der Waals surface area contributed by atoms with Gasteiger partial charge < -0.3 is 5.32 Å². The van der Waals surface area contributed by atoms with Gasteiger partial charge in [0.05, 0.1) is 11.0 Å². The fourth-order valence-electron chi connectivity index (χ4n) is 1.84. The summed E-state index contributed by atoms with van der Waals surface area (Å²) < 4.78 is 13.2. The molecule has 0 radical (unpaired) electrons. The third-order valence-electron chi connectivity index (χ3n) is 2.89. The first-order chi connectivity index (χ1) is 10.0. The molecule has 1 atom stereocenters. The molecule has 21 heavy (non-hydrogen) atoms. The maximum atomic E-state index is 13.2. The normalized spacial score (nSPS) is 11.5. The van der Waals surface area contributed by atoms with Crippen molar-refractivity contribution in [3.8, 4) is 6.07 Å². The molecule has 0 aliphatic carbocycles. The molecular weight excluding hydrogens is 275 g/mol. The number of nitriles is 1. The molecule has 106 valence electrons. The predicted octanol–water partition coefficient (Wildman–Crippen LogP) is 3.17. The van der Waals surface area contributed by atoms with Crippen LogP contribution in [0.2, 0.25) is 0 Å². The number of nitro groups is 1. The van der Waals surface area contributed by atoms with E-state index >= 15 is 0 Å². The lowest BCUT2D eigenvalue weighted by atomic mass is 10.1. The molecule has 7 heteroatoms. The van der Waals surface area contributed by atoms with Gasteiger partial charge >= 0.3 is 5.69 Å². The Labute approximate surface area is 120 Å². The highest BCUT2D eigenvalue weighted by atomic mass is 19.1. The molecule has 0 bridgehead atoms. The van der Waals surface area contributed by atoms with Crippen molar-refractivity contribution >= 4 is 11.5 Å². The summed E-state index contributed by atoms with van der Waals surface area (Å²) in [5, 5.41) is 22.6. The van der Waals surface area contributed by atoms with Crippen LogP contribution in [0.25, 0.3) is 0 Å². The molecule has 1 unspecified atom stereocenters. The third kappa shape index (κ3) is 3.30. The fraction of sp³-hybridized carbons (Fsp3) is 0.143. The van der Waals surface area contributed by atoms with Crippen LogP contribution in [0.15, 0.2) is 36.4 Å². The summed E-state index contributed by atoms with van der Waals surface area (Å²) in [4.78, 5) is 14.0. The second kappa shape index (κ2) is 5.96. The molecule has 1 aromatic heterocycles. The van der Waals surface area contributed by atoms with Crippen LogP contribution in [0.5, 0.6) is 0 Å². The maximum absolute atomic E-state index is 13.2. The second-order valence-electron chi connectivity index (χ2n) is 4.35. The summed E-state index contributed by atoms with van der Waals surface area (Å²) in [7, 11) is 0. The van der Waals surface area contributed by atoms with Crippen LogP contribution in [0.3, 0.4) is 0 Å². The highest BCUT2D eigenvalue weighted by Crippen LogP contribution is 2.22.